The zero-order valence-electron chi connectivity index (χ0n) is 17.6. The summed E-state index contributed by atoms with van der Waals surface area (Å²) in [5, 5.41) is 5.22. The van der Waals surface area contributed by atoms with Gasteiger partial charge in [-0.25, -0.2) is 9.38 Å². The van der Waals surface area contributed by atoms with Gasteiger partial charge in [0.2, 0.25) is 5.91 Å². The first kappa shape index (κ1) is 23.2. The zero-order valence-corrected chi connectivity index (χ0v) is 17.6. The molecule has 0 saturated carbocycles. The molecule has 1 aromatic carbocycles. The van der Waals surface area contributed by atoms with Crippen LogP contribution in [0, 0.1) is 11.2 Å². The third-order valence-electron chi connectivity index (χ3n) is 4.44. The topological polar surface area (TPSA) is 108 Å². The van der Waals surface area contributed by atoms with E-state index in [2.05, 4.69) is 15.6 Å². The Labute approximate surface area is 174 Å². The lowest BCUT2D eigenvalue weighted by atomic mass is 9.91. The molecule has 0 aliphatic carbocycles. The SMILES string of the molecule is CC(=O)NCCCN1C(=O)C(=O)C(C(=O)NCc2ccc(F)cc2)N=C1C(C)(C)C. The van der Waals surface area contributed by atoms with Crippen molar-refractivity contribution < 1.29 is 23.6 Å². The molecule has 0 saturated heterocycles. The molecule has 1 aromatic rings. The number of Topliss-reactive ketones (excluding diaryl/α,β-unsaturated/α-hetero) is 1. The molecule has 1 atom stereocenters. The molecule has 0 bridgehead atoms. The van der Waals surface area contributed by atoms with Crippen LogP contribution in [0.3, 0.4) is 0 Å². The fourth-order valence-electron chi connectivity index (χ4n) is 2.97. The van der Waals surface area contributed by atoms with Crippen molar-refractivity contribution in [3.63, 3.8) is 0 Å². The number of rotatable bonds is 7. The number of ketones is 1. The Kier molecular flexibility index (Phi) is 7.42. The van der Waals surface area contributed by atoms with Gasteiger partial charge in [0.25, 0.3) is 17.6 Å². The number of halogens is 1. The fourth-order valence-corrected chi connectivity index (χ4v) is 2.97. The van der Waals surface area contributed by atoms with Crippen LogP contribution in [-0.2, 0) is 25.7 Å². The summed E-state index contributed by atoms with van der Waals surface area (Å²) < 4.78 is 13.0. The van der Waals surface area contributed by atoms with Crippen LogP contribution in [0.2, 0.25) is 0 Å². The summed E-state index contributed by atoms with van der Waals surface area (Å²) in [4.78, 5) is 54.5. The van der Waals surface area contributed by atoms with Gasteiger partial charge in [0.05, 0.1) is 0 Å². The molecule has 0 spiro atoms. The average Bonchev–Trinajstić information content (AvgIpc) is 2.66. The second kappa shape index (κ2) is 9.60. The van der Waals surface area contributed by atoms with Crippen LogP contribution in [0.4, 0.5) is 4.39 Å². The molecule has 0 radical (unpaired) electrons. The van der Waals surface area contributed by atoms with Crippen LogP contribution in [0.1, 0.15) is 39.7 Å². The standard InChI is InChI=1S/C21H27FN4O4/c1-13(27)23-10-5-11-26-19(30)17(28)16(25-20(26)21(2,3)4)18(29)24-12-14-6-8-15(22)9-7-14/h6-9,16H,5,10-12H2,1-4H3,(H,23,27)(H,24,29). The largest absolute Gasteiger partial charge is 0.356 e. The number of hydrogen-bond acceptors (Lipinski definition) is 5. The van der Waals surface area contributed by atoms with Crippen molar-refractivity contribution in [2.75, 3.05) is 13.1 Å². The summed E-state index contributed by atoms with van der Waals surface area (Å²) in [6.45, 7) is 7.54. The molecule has 30 heavy (non-hydrogen) atoms. The quantitative estimate of drug-likeness (QED) is 0.394. The summed E-state index contributed by atoms with van der Waals surface area (Å²) in [6, 6.07) is 4.12. The highest BCUT2D eigenvalue weighted by molar-refractivity contribution is 6.46. The number of carbonyl (C=O) groups is 4. The fraction of sp³-hybridized carbons (Fsp3) is 0.476. The molecular formula is C21H27FN4O4. The van der Waals surface area contributed by atoms with Gasteiger partial charge >= 0.3 is 0 Å². The van der Waals surface area contributed by atoms with Crippen LogP contribution in [0.25, 0.3) is 0 Å². The van der Waals surface area contributed by atoms with Gasteiger partial charge in [-0.05, 0) is 24.1 Å². The van der Waals surface area contributed by atoms with Crippen LogP contribution in [0.15, 0.2) is 29.3 Å². The first-order chi connectivity index (χ1) is 14.0. The third kappa shape index (κ3) is 5.95. The summed E-state index contributed by atoms with van der Waals surface area (Å²) >= 11 is 0. The lowest BCUT2D eigenvalue weighted by Crippen LogP contribution is -2.57. The Morgan fingerprint density at radius 1 is 1.13 bits per heavy atom. The van der Waals surface area contributed by atoms with E-state index in [1.54, 1.807) is 0 Å². The van der Waals surface area contributed by atoms with E-state index in [-0.39, 0.29) is 19.0 Å². The van der Waals surface area contributed by atoms with Gasteiger partial charge in [0, 0.05) is 32.0 Å². The van der Waals surface area contributed by atoms with Gasteiger partial charge in [0.15, 0.2) is 6.04 Å². The smallest absolute Gasteiger partial charge is 0.298 e. The molecule has 3 amide bonds. The molecular weight excluding hydrogens is 391 g/mol. The normalized spacial score (nSPS) is 16.9. The molecule has 8 nitrogen and oxygen atoms in total. The molecule has 0 aromatic heterocycles. The van der Waals surface area contributed by atoms with Crippen LogP contribution >= 0.6 is 0 Å². The van der Waals surface area contributed by atoms with Gasteiger partial charge < -0.3 is 10.6 Å². The van der Waals surface area contributed by atoms with E-state index in [4.69, 9.17) is 0 Å². The van der Waals surface area contributed by atoms with Gasteiger partial charge in [0.1, 0.15) is 11.7 Å². The van der Waals surface area contributed by atoms with E-state index in [0.717, 1.165) is 0 Å². The Balaban J connectivity index is 2.15. The van der Waals surface area contributed by atoms with Gasteiger partial charge in [-0.3, -0.25) is 24.1 Å². The van der Waals surface area contributed by atoms with Gasteiger partial charge in [-0.15, -0.1) is 0 Å². The molecule has 1 unspecified atom stereocenters. The number of hydrogen-bond donors (Lipinski definition) is 2. The van der Waals surface area contributed by atoms with Gasteiger partial charge in [-0.2, -0.15) is 0 Å². The number of nitrogens with one attached hydrogen (secondary N) is 2. The predicted octanol–water partition coefficient (Wildman–Crippen LogP) is 1.19. The first-order valence-corrected chi connectivity index (χ1v) is 9.71. The van der Waals surface area contributed by atoms with Crippen molar-refractivity contribution in [1.82, 2.24) is 15.5 Å². The van der Waals surface area contributed by atoms with Crippen molar-refractivity contribution in [1.29, 1.82) is 0 Å². The van der Waals surface area contributed by atoms with Crippen molar-refractivity contribution >= 4 is 29.3 Å². The third-order valence-corrected chi connectivity index (χ3v) is 4.44. The minimum atomic E-state index is -1.46. The molecule has 162 valence electrons. The van der Waals surface area contributed by atoms with E-state index >= 15 is 0 Å². The maximum atomic E-state index is 13.0. The number of carbonyl (C=O) groups excluding carboxylic acids is 4. The number of amidine groups is 1. The molecule has 1 aliphatic rings. The number of nitrogens with zero attached hydrogens (tertiary/aromatic N) is 2. The molecule has 1 heterocycles. The average molecular weight is 418 g/mol. The maximum absolute atomic E-state index is 13.0. The summed E-state index contributed by atoms with van der Waals surface area (Å²) in [5.74, 6) is -2.61. The highest BCUT2D eigenvalue weighted by Crippen LogP contribution is 2.24. The Morgan fingerprint density at radius 3 is 2.33 bits per heavy atom. The van der Waals surface area contributed by atoms with Crippen molar-refractivity contribution in [2.24, 2.45) is 10.4 Å². The van der Waals surface area contributed by atoms with Crippen LogP contribution in [-0.4, -0.2) is 53.4 Å². The Morgan fingerprint density at radius 2 is 1.77 bits per heavy atom. The minimum absolute atomic E-state index is 0.0812. The zero-order chi connectivity index (χ0) is 22.5. The minimum Gasteiger partial charge on any atom is -0.356 e. The number of benzene rings is 1. The molecule has 2 rings (SSSR count). The van der Waals surface area contributed by atoms with Crippen molar-refractivity contribution in [3.05, 3.63) is 35.6 Å². The summed E-state index contributed by atoms with van der Waals surface area (Å²) in [6.07, 6.45) is 0.440. The second-order valence-electron chi connectivity index (χ2n) is 8.11. The van der Waals surface area contributed by atoms with Crippen LogP contribution in [0.5, 0.6) is 0 Å². The van der Waals surface area contributed by atoms with Crippen LogP contribution < -0.4 is 10.6 Å². The Hall–Kier alpha value is -3.10. The van der Waals surface area contributed by atoms with Crippen molar-refractivity contribution in [2.45, 2.75) is 46.7 Å². The number of amides is 3. The molecule has 1 aliphatic heterocycles. The summed E-state index contributed by atoms with van der Waals surface area (Å²) in [7, 11) is 0. The Bertz CT molecular complexity index is 859. The van der Waals surface area contributed by atoms with E-state index in [9.17, 15) is 23.6 Å². The highest BCUT2D eigenvalue weighted by atomic mass is 19.1. The summed E-state index contributed by atoms with van der Waals surface area (Å²) in [5.41, 5.74) is 0.0683. The van der Waals surface area contributed by atoms with E-state index < -0.39 is 34.9 Å². The van der Waals surface area contributed by atoms with Gasteiger partial charge in [-0.1, -0.05) is 32.9 Å². The molecule has 9 heteroatoms. The highest BCUT2D eigenvalue weighted by Gasteiger charge is 2.43. The number of aliphatic imine (C=N–C) groups is 1. The first-order valence-electron chi connectivity index (χ1n) is 9.71. The second-order valence-corrected chi connectivity index (χ2v) is 8.11. The lowest BCUT2D eigenvalue weighted by molar-refractivity contribution is -0.146. The molecule has 0 fully saturated rings. The van der Waals surface area contributed by atoms with E-state index in [0.29, 0.717) is 24.4 Å². The van der Waals surface area contributed by atoms with Crippen molar-refractivity contribution in [3.8, 4) is 0 Å². The monoisotopic (exact) mass is 418 g/mol. The van der Waals surface area contributed by atoms with E-state index in [1.807, 2.05) is 20.8 Å². The molecule has 2 N–H and O–H groups in total. The lowest BCUT2D eigenvalue weighted by Gasteiger charge is -2.36. The predicted molar refractivity (Wildman–Crippen MR) is 109 cm³/mol. The maximum Gasteiger partial charge on any atom is 0.298 e. The van der Waals surface area contributed by atoms with E-state index in [1.165, 1.54) is 36.1 Å².